The summed E-state index contributed by atoms with van der Waals surface area (Å²) in [6.07, 6.45) is 2.03. The zero-order valence-corrected chi connectivity index (χ0v) is 17.6. The number of methoxy groups -OCH3 is 3. The van der Waals surface area contributed by atoms with Crippen molar-refractivity contribution < 1.29 is 19.0 Å². The third-order valence-corrected chi connectivity index (χ3v) is 5.59. The fraction of sp³-hybridized carbons (Fsp3) is 0.435. The lowest BCUT2D eigenvalue weighted by Crippen LogP contribution is -2.44. The highest BCUT2D eigenvalue weighted by Crippen LogP contribution is 2.39. The molecule has 0 bridgehead atoms. The number of amides is 1. The average molecular weight is 399 g/mol. The summed E-state index contributed by atoms with van der Waals surface area (Å²) in [5, 5.41) is 3.06. The van der Waals surface area contributed by atoms with Crippen LogP contribution in [0, 0.1) is 0 Å². The molecule has 6 heteroatoms. The van der Waals surface area contributed by atoms with Crippen LogP contribution in [0.15, 0.2) is 42.5 Å². The molecule has 2 aromatic rings. The lowest BCUT2D eigenvalue weighted by Gasteiger charge is -2.31. The highest BCUT2D eigenvalue weighted by molar-refractivity contribution is 5.81. The molecule has 0 aliphatic carbocycles. The number of carbonyl (C=O) groups excluding carboxylic acids is 1. The van der Waals surface area contributed by atoms with Gasteiger partial charge in [-0.2, -0.15) is 0 Å². The number of nitrogens with one attached hydrogen (secondary N) is 1. The highest BCUT2D eigenvalue weighted by Gasteiger charge is 2.34. The predicted molar refractivity (Wildman–Crippen MR) is 113 cm³/mol. The minimum atomic E-state index is -0.239. The summed E-state index contributed by atoms with van der Waals surface area (Å²) in [6.45, 7) is 3.34. The van der Waals surface area contributed by atoms with Gasteiger partial charge < -0.3 is 19.5 Å². The Morgan fingerprint density at radius 1 is 1.07 bits per heavy atom. The van der Waals surface area contributed by atoms with Crippen molar-refractivity contribution in [3.8, 4) is 17.2 Å². The molecule has 2 atom stereocenters. The van der Waals surface area contributed by atoms with Crippen LogP contribution in [0.1, 0.15) is 36.9 Å². The zero-order chi connectivity index (χ0) is 20.8. The summed E-state index contributed by atoms with van der Waals surface area (Å²) < 4.78 is 16.2. The molecular weight excluding hydrogens is 368 g/mol. The SMILES string of the molecule is COc1ccc(CNC(=O)[C@H](C)N2CCC[C@@H]2c2cc(OC)ccc2OC)cc1. The van der Waals surface area contributed by atoms with Gasteiger partial charge in [0.1, 0.15) is 17.2 Å². The van der Waals surface area contributed by atoms with Crippen LogP contribution >= 0.6 is 0 Å². The molecule has 0 saturated carbocycles. The molecule has 1 amide bonds. The van der Waals surface area contributed by atoms with E-state index in [1.165, 1.54) is 0 Å². The van der Waals surface area contributed by atoms with Crippen molar-refractivity contribution in [1.29, 1.82) is 0 Å². The van der Waals surface area contributed by atoms with Gasteiger partial charge in [0, 0.05) is 18.2 Å². The van der Waals surface area contributed by atoms with E-state index in [1.54, 1.807) is 21.3 Å². The van der Waals surface area contributed by atoms with Crippen molar-refractivity contribution in [2.75, 3.05) is 27.9 Å². The summed E-state index contributed by atoms with van der Waals surface area (Å²) in [5.41, 5.74) is 2.11. The first-order chi connectivity index (χ1) is 14.1. The zero-order valence-electron chi connectivity index (χ0n) is 17.6. The molecule has 3 rings (SSSR count). The molecule has 0 aromatic heterocycles. The number of hydrogen-bond acceptors (Lipinski definition) is 5. The normalized spacial score (nSPS) is 17.6. The van der Waals surface area contributed by atoms with Crippen molar-refractivity contribution in [3.63, 3.8) is 0 Å². The van der Waals surface area contributed by atoms with Crippen LogP contribution in [0.3, 0.4) is 0 Å². The van der Waals surface area contributed by atoms with Crippen molar-refractivity contribution in [1.82, 2.24) is 10.2 Å². The number of ether oxygens (including phenoxy) is 3. The van der Waals surface area contributed by atoms with Gasteiger partial charge in [-0.05, 0) is 62.2 Å². The molecule has 0 unspecified atom stereocenters. The second-order valence-corrected chi connectivity index (χ2v) is 7.25. The molecular formula is C23H30N2O4. The van der Waals surface area contributed by atoms with Gasteiger partial charge in [-0.3, -0.25) is 9.69 Å². The Hall–Kier alpha value is -2.73. The molecule has 29 heavy (non-hydrogen) atoms. The lowest BCUT2D eigenvalue weighted by molar-refractivity contribution is -0.126. The topological polar surface area (TPSA) is 60.0 Å². The van der Waals surface area contributed by atoms with Crippen LogP contribution in [-0.2, 0) is 11.3 Å². The van der Waals surface area contributed by atoms with E-state index < -0.39 is 0 Å². The molecule has 156 valence electrons. The van der Waals surface area contributed by atoms with Crippen molar-refractivity contribution >= 4 is 5.91 Å². The Bertz CT molecular complexity index is 822. The number of likely N-dealkylation sites (tertiary alicyclic amines) is 1. The third kappa shape index (κ3) is 4.82. The molecule has 0 spiro atoms. The number of rotatable bonds is 8. The number of carbonyl (C=O) groups is 1. The van der Waals surface area contributed by atoms with Crippen molar-refractivity contribution in [2.45, 2.75) is 38.4 Å². The monoisotopic (exact) mass is 398 g/mol. The second kappa shape index (κ2) is 9.65. The van der Waals surface area contributed by atoms with Crippen molar-refractivity contribution in [3.05, 3.63) is 53.6 Å². The Morgan fingerprint density at radius 3 is 2.41 bits per heavy atom. The van der Waals surface area contributed by atoms with Gasteiger partial charge in [-0.1, -0.05) is 12.1 Å². The summed E-state index contributed by atoms with van der Waals surface area (Å²) in [4.78, 5) is 15.1. The summed E-state index contributed by atoms with van der Waals surface area (Å²) in [5.74, 6) is 2.45. The average Bonchev–Trinajstić information content (AvgIpc) is 3.26. The molecule has 0 radical (unpaired) electrons. The predicted octanol–water partition coefficient (Wildman–Crippen LogP) is 3.55. The smallest absolute Gasteiger partial charge is 0.237 e. The standard InChI is InChI=1S/C23H30N2O4/c1-16(23(26)24-15-17-7-9-18(27-2)10-8-17)25-13-5-6-21(25)20-14-19(28-3)11-12-22(20)29-4/h7-12,14,16,21H,5-6,13,15H2,1-4H3,(H,24,26)/t16-,21+/m0/s1. The van der Waals surface area contributed by atoms with Crippen LogP contribution in [0.4, 0.5) is 0 Å². The fourth-order valence-electron chi connectivity index (χ4n) is 3.92. The Kier molecular flexibility index (Phi) is 6.99. The molecule has 6 nitrogen and oxygen atoms in total. The summed E-state index contributed by atoms with van der Waals surface area (Å²) in [6, 6.07) is 13.5. The maximum absolute atomic E-state index is 12.8. The first-order valence-electron chi connectivity index (χ1n) is 9.95. The van der Waals surface area contributed by atoms with Crippen molar-refractivity contribution in [2.24, 2.45) is 0 Å². The molecule has 2 aromatic carbocycles. The van der Waals surface area contributed by atoms with Crippen LogP contribution < -0.4 is 19.5 Å². The fourth-order valence-corrected chi connectivity index (χ4v) is 3.92. The van der Waals surface area contributed by atoms with E-state index in [0.717, 1.165) is 47.8 Å². The van der Waals surface area contributed by atoms with Gasteiger partial charge in [0.25, 0.3) is 0 Å². The van der Waals surface area contributed by atoms with E-state index in [9.17, 15) is 4.79 Å². The largest absolute Gasteiger partial charge is 0.497 e. The van der Waals surface area contributed by atoms with Gasteiger partial charge in [-0.25, -0.2) is 0 Å². The summed E-state index contributed by atoms with van der Waals surface area (Å²) >= 11 is 0. The van der Waals surface area contributed by atoms with E-state index >= 15 is 0 Å². The Balaban J connectivity index is 1.69. The van der Waals surface area contributed by atoms with E-state index in [4.69, 9.17) is 14.2 Å². The molecule has 1 saturated heterocycles. The minimum Gasteiger partial charge on any atom is -0.497 e. The molecule has 1 heterocycles. The highest BCUT2D eigenvalue weighted by atomic mass is 16.5. The Morgan fingerprint density at radius 2 is 1.76 bits per heavy atom. The maximum atomic E-state index is 12.8. The van der Waals surface area contributed by atoms with E-state index in [2.05, 4.69) is 10.2 Å². The third-order valence-electron chi connectivity index (χ3n) is 5.59. The number of hydrogen-bond donors (Lipinski definition) is 1. The van der Waals surface area contributed by atoms with E-state index in [-0.39, 0.29) is 18.0 Å². The van der Waals surface area contributed by atoms with Crippen LogP contribution in [0.5, 0.6) is 17.2 Å². The second-order valence-electron chi connectivity index (χ2n) is 7.25. The molecule has 1 fully saturated rings. The molecule has 1 aliphatic heterocycles. The van der Waals surface area contributed by atoms with E-state index in [1.807, 2.05) is 49.4 Å². The van der Waals surface area contributed by atoms with Gasteiger partial charge in [0.15, 0.2) is 0 Å². The van der Waals surface area contributed by atoms with Gasteiger partial charge in [0.2, 0.25) is 5.91 Å². The van der Waals surface area contributed by atoms with Gasteiger partial charge in [-0.15, -0.1) is 0 Å². The van der Waals surface area contributed by atoms with Gasteiger partial charge >= 0.3 is 0 Å². The first kappa shape index (κ1) is 21.0. The minimum absolute atomic E-state index is 0.0228. The van der Waals surface area contributed by atoms with Gasteiger partial charge in [0.05, 0.1) is 27.4 Å². The number of nitrogens with zero attached hydrogens (tertiary/aromatic N) is 1. The van der Waals surface area contributed by atoms with Crippen LogP contribution in [0.25, 0.3) is 0 Å². The van der Waals surface area contributed by atoms with Crippen LogP contribution in [-0.4, -0.2) is 44.7 Å². The van der Waals surface area contributed by atoms with Crippen LogP contribution in [0.2, 0.25) is 0 Å². The maximum Gasteiger partial charge on any atom is 0.237 e. The molecule has 1 N–H and O–H groups in total. The molecule has 1 aliphatic rings. The quantitative estimate of drug-likeness (QED) is 0.737. The Labute approximate surface area is 172 Å². The van der Waals surface area contributed by atoms with E-state index in [0.29, 0.717) is 6.54 Å². The first-order valence-corrected chi connectivity index (χ1v) is 9.95. The summed E-state index contributed by atoms with van der Waals surface area (Å²) in [7, 11) is 4.98. The number of benzene rings is 2. The lowest BCUT2D eigenvalue weighted by atomic mass is 10.0.